The van der Waals surface area contributed by atoms with Crippen LogP contribution in [-0.2, 0) is 11.3 Å². The molecule has 1 aromatic rings. The Kier molecular flexibility index (Phi) is 3.71. The van der Waals surface area contributed by atoms with Crippen molar-refractivity contribution in [1.29, 1.82) is 0 Å². The standard InChI is InChI=1S/C15H24N2O/c16-15(12-5-6-12)13-7-9-17(11-13)8-1-3-14-4-2-10-18-14/h7,9,11-12,14-15H,1-6,8,10,16H2. The van der Waals surface area contributed by atoms with Gasteiger partial charge in [0.1, 0.15) is 0 Å². The lowest BCUT2D eigenvalue weighted by atomic mass is 10.1. The van der Waals surface area contributed by atoms with E-state index in [1.807, 2.05) is 0 Å². The minimum absolute atomic E-state index is 0.268. The molecule has 3 nitrogen and oxygen atoms in total. The van der Waals surface area contributed by atoms with E-state index >= 15 is 0 Å². The molecule has 1 saturated heterocycles. The van der Waals surface area contributed by atoms with Gasteiger partial charge in [-0.05, 0) is 56.1 Å². The van der Waals surface area contributed by atoms with Crippen molar-refractivity contribution in [3.05, 3.63) is 24.0 Å². The molecule has 0 spiro atoms. The zero-order valence-electron chi connectivity index (χ0n) is 11.1. The van der Waals surface area contributed by atoms with E-state index in [4.69, 9.17) is 10.5 Å². The highest BCUT2D eigenvalue weighted by atomic mass is 16.5. The number of ether oxygens (including phenoxy) is 1. The van der Waals surface area contributed by atoms with E-state index < -0.39 is 0 Å². The predicted molar refractivity (Wildman–Crippen MR) is 72.3 cm³/mol. The smallest absolute Gasteiger partial charge is 0.0576 e. The van der Waals surface area contributed by atoms with Crippen LogP contribution in [0.2, 0.25) is 0 Å². The van der Waals surface area contributed by atoms with Gasteiger partial charge in [0, 0.05) is 31.6 Å². The second-order valence-electron chi connectivity index (χ2n) is 5.82. The van der Waals surface area contributed by atoms with Gasteiger partial charge >= 0.3 is 0 Å². The summed E-state index contributed by atoms with van der Waals surface area (Å²) in [6, 6.07) is 2.46. The Morgan fingerprint density at radius 2 is 2.28 bits per heavy atom. The van der Waals surface area contributed by atoms with Crippen LogP contribution in [0.1, 0.15) is 50.1 Å². The van der Waals surface area contributed by atoms with E-state index in [1.165, 1.54) is 44.1 Å². The van der Waals surface area contributed by atoms with E-state index in [2.05, 4.69) is 23.0 Å². The topological polar surface area (TPSA) is 40.2 Å². The monoisotopic (exact) mass is 248 g/mol. The number of hydrogen-bond acceptors (Lipinski definition) is 2. The molecule has 2 heterocycles. The Hall–Kier alpha value is -0.800. The summed E-state index contributed by atoms with van der Waals surface area (Å²) in [6.07, 6.45) is 12.5. The van der Waals surface area contributed by atoms with Gasteiger partial charge in [0.25, 0.3) is 0 Å². The van der Waals surface area contributed by atoms with E-state index in [-0.39, 0.29) is 6.04 Å². The van der Waals surface area contributed by atoms with Crippen LogP contribution in [0, 0.1) is 5.92 Å². The van der Waals surface area contributed by atoms with Crippen molar-refractivity contribution < 1.29 is 4.74 Å². The van der Waals surface area contributed by atoms with E-state index in [0.29, 0.717) is 6.10 Å². The molecular weight excluding hydrogens is 224 g/mol. The number of nitrogens with zero attached hydrogens (tertiary/aromatic N) is 1. The molecular formula is C15H24N2O. The molecule has 0 bridgehead atoms. The minimum Gasteiger partial charge on any atom is -0.378 e. The van der Waals surface area contributed by atoms with Crippen molar-refractivity contribution in [2.45, 2.75) is 57.2 Å². The molecule has 0 radical (unpaired) electrons. The molecule has 3 heteroatoms. The Labute approximate surface area is 109 Å². The van der Waals surface area contributed by atoms with Gasteiger partial charge in [0.2, 0.25) is 0 Å². The maximum atomic E-state index is 6.21. The van der Waals surface area contributed by atoms with Gasteiger partial charge in [-0.15, -0.1) is 0 Å². The molecule has 1 aromatic heterocycles. The SMILES string of the molecule is NC(c1ccn(CCCC2CCCO2)c1)C1CC1. The van der Waals surface area contributed by atoms with Gasteiger partial charge in [0.05, 0.1) is 6.10 Å². The maximum absolute atomic E-state index is 6.21. The molecule has 1 aliphatic carbocycles. The highest BCUT2D eigenvalue weighted by molar-refractivity contribution is 5.17. The van der Waals surface area contributed by atoms with Crippen molar-refractivity contribution in [3.8, 4) is 0 Å². The third-order valence-electron chi connectivity index (χ3n) is 4.25. The molecule has 2 unspecified atom stereocenters. The van der Waals surface area contributed by atoms with Gasteiger partial charge in [-0.2, -0.15) is 0 Å². The molecule has 1 saturated carbocycles. The maximum Gasteiger partial charge on any atom is 0.0576 e. The number of aryl methyl sites for hydroxylation is 1. The summed E-state index contributed by atoms with van der Waals surface area (Å²) in [4.78, 5) is 0. The Balaban J connectivity index is 1.44. The predicted octanol–water partition coefficient (Wildman–Crippen LogP) is 2.86. The average Bonchev–Trinajstić information content (AvgIpc) is 2.90. The van der Waals surface area contributed by atoms with E-state index in [1.54, 1.807) is 0 Å². The van der Waals surface area contributed by atoms with Crippen molar-refractivity contribution in [3.63, 3.8) is 0 Å². The minimum atomic E-state index is 0.268. The Morgan fingerprint density at radius 1 is 1.39 bits per heavy atom. The van der Waals surface area contributed by atoms with Crippen LogP contribution >= 0.6 is 0 Å². The summed E-state index contributed by atoms with van der Waals surface area (Å²) in [6.45, 7) is 2.06. The average molecular weight is 248 g/mol. The highest BCUT2D eigenvalue weighted by Crippen LogP contribution is 2.39. The fourth-order valence-corrected chi connectivity index (χ4v) is 2.90. The fourth-order valence-electron chi connectivity index (χ4n) is 2.90. The van der Waals surface area contributed by atoms with Gasteiger partial charge in [0.15, 0.2) is 0 Å². The summed E-state index contributed by atoms with van der Waals surface area (Å²) in [7, 11) is 0. The molecule has 100 valence electrons. The molecule has 2 fully saturated rings. The molecule has 0 aromatic carbocycles. The normalized spacial score (nSPS) is 25.5. The van der Waals surface area contributed by atoms with Gasteiger partial charge in [-0.25, -0.2) is 0 Å². The van der Waals surface area contributed by atoms with Crippen LogP contribution in [0.3, 0.4) is 0 Å². The van der Waals surface area contributed by atoms with E-state index in [9.17, 15) is 0 Å². The van der Waals surface area contributed by atoms with Crippen molar-refractivity contribution in [2.75, 3.05) is 6.61 Å². The first-order chi connectivity index (χ1) is 8.83. The van der Waals surface area contributed by atoms with Crippen LogP contribution in [-0.4, -0.2) is 17.3 Å². The zero-order valence-corrected chi connectivity index (χ0v) is 11.1. The summed E-state index contributed by atoms with van der Waals surface area (Å²) in [5.41, 5.74) is 7.52. The summed E-state index contributed by atoms with van der Waals surface area (Å²) < 4.78 is 7.93. The zero-order chi connectivity index (χ0) is 12.4. The summed E-state index contributed by atoms with van der Waals surface area (Å²) in [5.74, 6) is 0.743. The third kappa shape index (κ3) is 2.96. The molecule has 2 N–H and O–H groups in total. The molecule has 2 atom stereocenters. The van der Waals surface area contributed by atoms with Crippen LogP contribution in [0.5, 0.6) is 0 Å². The highest BCUT2D eigenvalue weighted by Gasteiger charge is 2.29. The largest absolute Gasteiger partial charge is 0.378 e. The second kappa shape index (κ2) is 5.45. The quantitative estimate of drug-likeness (QED) is 0.841. The van der Waals surface area contributed by atoms with Gasteiger partial charge in [-0.3, -0.25) is 0 Å². The molecule has 1 aliphatic heterocycles. The van der Waals surface area contributed by atoms with Crippen LogP contribution in [0.25, 0.3) is 0 Å². The third-order valence-corrected chi connectivity index (χ3v) is 4.25. The number of rotatable bonds is 6. The number of hydrogen-bond donors (Lipinski definition) is 1. The van der Waals surface area contributed by atoms with Crippen molar-refractivity contribution >= 4 is 0 Å². The second-order valence-corrected chi connectivity index (χ2v) is 5.82. The lowest BCUT2D eigenvalue weighted by Crippen LogP contribution is -2.11. The first kappa shape index (κ1) is 12.2. The lowest BCUT2D eigenvalue weighted by Gasteiger charge is -2.10. The first-order valence-electron chi connectivity index (χ1n) is 7.36. The van der Waals surface area contributed by atoms with E-state index in [0.717, 1.165) is 19.1 Å². The van der Waals surface area contributed by atoms with Crippen LogP contribution in [0.4, 0.5) is 0 Å². The number of nitrogens with two attached hydrogens (primary N) is 1. The van der Waals surface area contributed by atoms with Crippen LogP contribution < -0.4 is 5.73 Å². The lowest BCUT2D eigenvalue weighted by molar-refractivity contribution is 0.101. The molecule has 0 amide bonds. The summed E-state index contributed by atoms with van der Waals surface area (Å²) >= 11 is 0. The Morgan fingerprint density at radius 3 is 3.00 bits per heavy atom. The molecule has 3 rings (SSSR count). The van der Waals surface area contributed by atoms with Gasteiger partial charge < -0.3 is 15.0 Å². The Bertz CT molecular complexity index is 378. The molecule has 2 aliphatic rings. The fraction of sp³-hybridized carbons (Fsp3) is 0.733. The summed E-state index contributed by atoms with van der Waals surface area (Å²) in [5, 5.41) is 0. The van der Waals surface area contributed by atoms with Gasteiger partial charge in [-0.1, -0.05) is 0 Å². The number of aromatic nitrogens is 1. The van der Waals surface area contributed by atoms with Crippen molar-refractivity contribution in [2.24, 2.45) is 11.7 Å². The first-order valence-corrected chi connectivity index (χ1v) is 7.36. The molecule has 18 heavy (non-hydrogen) atoms. The van der Waals surface area contributed by atoms with Crippen LogP contribution in [0.15, 0.2) is 18.5 Å². The van der Waals surface area contributed by atoms with Crippen molar-refractivity contribution in [1.82, 2.24) is 4.57 Å².